The number of Topliss-reactive ketones (excluding diaryl/α,β-unsaturated/α-hetero) is 1. The number of hydrogen-bond acceptors (Lipinski definition) is 1. The number of carbonyl (C=O) groups is 1. The predicted octanol–water partition coefficient (Wildman–Crippen LogP) is 4.52. The van der Waals surface area contributed by atoms with Crippen molar-refractivity contribution in [1.29, 1.82) is 0 Å². The fourth-order valence-electron chi connectivity index (χ4n) is 6.00. The topological polar surface area (TPSA) is 17.1 Å². The molecule has 4 aliphatic rings. The van der Waals surface area contributed by atoms with Crippen LogP contribution in [0.5, 0.6) is 0 Å². The van der Waals surface area contributed by atoms with Crippen LogP contribution in [0, 0.1) is 29.1 Å². The molecule has 0 saturated heterocycles. The Hall–Kier alpha value is -0.590. The van der Waals surface area contributed by atoms with Gasteiger partial charge in [0.25, 0.3) is 0 Å². The fraction of sp³-hybridized carbons (Fsp3) is 0.833. The molecule has 0 amide bonds. The third-order valence-electron chi connectivity index (χ3n) is 7.03. The predicted molar refractivity (Wildman–Crippen MR) is 76.7 cm³/mol. The van der Waals surface area contributed by atoms with Crippen molar-refractivity contribution in [3.05, 3.63) is 11.6 Å². The highest BCUT2D eigenvalue weighted by atomic mass is 16.1. The molecule has 0 heterocycles. The van der Waals surface area contributed by atoms with Crippen molar-refractivity contribution in [2.75, 3.05) is 0 Å². The molecule has 0 N–H and O–H groups in total. The van der Waals surface area contributed by atoms with E-state index in [0.29, 0.717) is 11.7 Å². The minimum absolute atomic E-state index is 0.0588. The van der Waals surface area contributed by atoms with Crippen molar-refractivity contribution in [2.24, 2.45) is 29.1 Å². The lowest BCUT2D eigenvalue weighted by Gasteiger charge is -2.51. The zero-order valence-electron chi connectivity index (χ0n) is 12.2. The highest BCUT2D eigenvalue weighted by molar-refractivity contribution is 5.87. The van der Waals surface area contributed by atoms with Crippen LogP contribution in [-0.4, -0.2) is 5.78 Å². The van der Waals surface area contributed by atoms with Gasteiger partial charge in [-0.15, -0.1) is 0 Å². The Bertz CT molecular complexity index is 435. The first-order valence-corrected chi connectivity index (χ1v) is 8.43. The van der Waals surface area contributed by atoms with Gasteiger partial charge in [0.2, 0.25) is 0 Å². The average Bonchev–Trinajstić information content (AvgIpc) is 2.75. The molecular weight excluding hydrogens is 232 g/mol. The van der Waals surface area contributed by atoms with E-state index in [9.17, 15) is 4.79 Å². The van der Waals surface area contributed by atoms with Crippen LogP contribution in [0.25, 0.3) is 0 Å². The van der Waals surface area contributed by atoms with Gasteiger partial charge in [0.15, 0.2) is 0 Å². The molecule has 0 bridgehead atoms. The molecule has 0 spiro atoms. The number of allylic oxidation sites excluding steroid dienone is 2. The Labute approximate surface area is 116 Å². The summed E-state index contributed by atoms with van der Waals surface area (Å²) >= 11 is 0. The second-order valence-corrected chi connectivity index (χ2v) is 7.70. The summed E-state index contributed by atoms with van der Waals surface area (Å²) in [6.45, 7) is 2.28. The van der Waals surface area contributed by atoms with Gasteiger partial charge in [0.05, 0.1) is 0 Å². The molecule has 1 nitrogen and oxygen atoms in total. The molecule has 0 aromatic carbocycles. The van der Waals surface area contributed by atoms with Crippen LogP contribution >= 0.6 is 0 Å². The van der Waals surface area contributed by atoms with E-state index in [4.69, 9.17) is 0 Å². The van der Waals surface area contributed by atoms with Gasteiger partial charge in [-0.3, -0.25) is 4.79 Å². The Balaban J connectivity index is 1.66. The van der Waals surface area contributed by atoms with E-state index in [1.807, 2.05) is 5.57 Å². The molecule has 5 atom stereocenters. The van der Waals surface area contributed by atoms with Crippen molar-refractivity contribution in [1.82, 2.24) is 0 Å². The zero-order chi connectivity index (χ0) is 13.0. The summed E-state index contributed by atoms with van der Waals surface area (Å²) in [6, 6.07) is 0. The minimum Gasteiger partial charge on any atom is -0.299 e. The lowest BCUT2D eigenvalue weighted by molar-refractivity contribution is -0.130. The normalized spacial score (nSPS) is 49.1. The summed E-state index contributed by atoms with van der Waals surface area (Å²) in [7, 11) is 0. The quantitative estimate of drug-likeness (QED) is 0.584. The Morgan fingerprint density at radius 3 is 2.95 bits per heavy atom. The van der Waals surface area contributed by atoms with Gasteiger partial charge in [-0.05, 0) is 75.0 Å². The SMILES string of the molecule is C[C@]12CC[C@@H]3C4=CCCCC4CC[C@H]3[C@@H]1CCC2=O. The Morgan fingerprint density at radius 2 is 2.05 bits per heavy atom. The van der Waals surface area contributed by atoms with Crippen molar-refractivity contribution < 1.29 is 4.79 Å². The van der Waals surface area contributed by atoms with E-state index in [0.717, 1.165) is 24.2 Å². The Kier molecular flexibility index (Phi) is 2.69. The molecule has 19 heavy (non-hydrogen) atoms. The van der Waals surface area contributed by atoms with Crippen LogP contribution in [0.3, 0.4) is 0 Å². The van der Waals surface area contributed by atoms with Gasteiger partial charge >= 0.3 is 0 Å². The summed E-state index contributed by atoms with van der Waals surface area (Å²) in [4.78, 5) is 12.3. The first-order chi connectivity index (χ1) is 9.20. The molecule has 4 aliphatic carbocycles. The van der Waals surface area contributed by atoms with Crippen molar-refractivity contribution >= 4 is 5.78 Å². The molecule has 0 radical (unpaired) electrons. The Morgan fingerprint density at radius 1 is 1.16 bits per heavy atom. The fourth-order valence-corrected chi connectivity index (χ4v) is 6.00. The number of fused-ring (bicyclic) bond motifs is 5. The van der Waals surface area contributed by atoms with Gasteiger partial charge < -0.3 is 0 Å². The summed E-state index contributed by atoms with van der Waals surface area (Å²) in [5.41, 5.74) is 1.88. The standard InChI is InChI=1S/C18H26O/c1-18-11-10-14-13-5-3-2-4-12(13)6-7-15(14)16(18)8-9-17(18)19/h5,12,14-16H,2-4,6-11H2,1H3/t12?,14-,15-,16+,18+/m1/s1. The number of carbonyl (C=O) groups excluding carboxylic acids is 1. The van der Waals surface area contributed by atoms with E-state index in [-0.39, 0.29) is 5.41 Å². The maximum atomic E-state index is 12.3. The molecule has 0 aromatic heterocycles. The van der Waals surface area contributed by atoms with Gasteiger partial charge in [0.1, 0.15) is 5.78 Å². The van der Waals surface area contributed by atoms with Gasteiger partial charge in [-0.25, -0.2) is 0 Å². The van der Waals surface area contributed by atoms with E-state index in [2.05, 4.69) is 13.0 Å². The summed E-state index contributed by atoms with van der Waals surface area (Å²) in [5.74, 6) is 3.89. The first-order valence-electron chi connectivity index (χ1n) is 8.43. The first kappa shape index (κ1) is 12.2. The highest BCUT2D eigenvalue weighted by Crippen LogP contribution is 2.60. The second-order valence-electron chi connectivity index (χ2n) is 7.70. The van der Waals surface area contributed by atoms with Gasteiger partial charge in [0, 0.05) is 11.8 Å². The molecule has 3 fully saturated rings. The molecular formula is C18H26O. The van der Waals surface area contributed by atoms with Crippen LogP contribution in [0.1, 0.15) is 64.7 Å². The van der Waals surface area contributed by atoms with Crippen LogP contribution in [-0.2, 0) is 4.79 Å². The van der Waals surface area contributed by atoms with Crippen LogP contribution < -0.4 is 0 Å². The highest BCUT2D eigenvalue weighted by Gasteiger charge is 2.55. The van der Waals surface area contributed by atoms with Gasteiger partial charge in [-0.2, -0.15) is 0 Å². The van der Waals surface area contributed by atoms with Crippen LogP contribution in [0.15, 0.2) is 11.6 Å². The summed E-state index contributed by atoms with van der Waals surface area (Å²) < 4.78 is 0. The summed E-state index contributed by atoms with van der Waals surface area (Å²) in [5, 5.41) is 0. The van der Waals surface area contributed by atoms with E-state index in [1.54, 1.807) is 0 Å². The second kappa shape index (κ2) is 4.20. The minimum atomic E-state index is 0.0588. The largest absolute Gasteiger partial charge is 0.299 e. The smallest absolute Gasteiger partial charge is 0.139 e. The van der Waals surface area contributed by atoms with E-state index >= 15 is 0 Å². The lowest BCUT2D eigenvalue weighted by Crippen LogP contribution is -2.45. The van der Waals surface area contributed by atoms with Crippen LogP contribution in [0.2, 0.25) is 0 Å². The van der Waals surface area contributed by atoms with Crippen molar-refractivity contribution in [3.8, 4) is 0 Å². The van der Waals surface area contributed by atoms with Crippen molar-refractivity contribution in [2.45, 2.75) is 64.7 Å². The number of ketones is 1. The average molecular weight is 258 g/mol. The van der Waals surface area contributed by atoms with E-state index < -0.39 is 0 Å². The molecule has 1 heteroatoms. The zero-order valence-corrected chi connectivity index (χ0v) is 12.2. The molecule has 104 valence electrons. The molecule has 4 rings (SSSR count). The monoisotopic (exact) mass is 258 g/mol. The van der Waals surface area contributed by atoms with Crippen LogP contribution in [0.4, 0.5) is 0 Å². The number of hydrogen-bond donors (Lipinski definition) is 0. The van der Waals surface area contributed by atoms with Crippen molar-refractivity contribution in [3.63, 3.8) is 0 Å². The van der Waals surface area contributed by atoms with Gasteiger partial charge in [-0.1, -0.05) is 18.6 Å². The molecule has 3 saturated carbocycles. The molecule has 0 aromatic rings. The third kappa shape index (κ3) is 1.63. The number of rotatable bonds is 0. The lowest BCUT2D eigenvalue weighted by atomic mass is 9.53. The summed E-state index contributed by atoms with van der Waals surface area (Å²) in [6.07, 6.45) is 14.1. The third-order valence-corrected chi connectivity index (χ3v) is 7.03. The maximum Gasteiger partial charge on any atom is 0.139 e. The maximum absolute atomic E-state index is 12.3. The molecule has 0 aliphatic heterocycles. The van der Waals surface area contributed by atoms with E-state index in [1.165, 1.54) is 51.4 Å². The molecule has 1 unspecified atom stereocenters.